The maximum Gasteiger partial charge on any atom is 0.313 e. The highest BCUT2D eigenvalue weighted by Gasteiger charge is 2.75. The quantitative estimate of drug-likeness (QED) is 0.234. The highest BCUT2D eigenvalue weighted by Crippen LogP contribution is 2.59. The van der Waals surface area contributed by atoms with Crippen LogP contribution < -0.4 is 10.2 Å². The molecule has 3 fully saturated rings. The number of aliphatic hydroxyl groups excluding tert-OH is 1. The van der Waals surface area contributed by atoms with Crippen molar-refractivity contribution >= 4 is 41.0 Å². The molecule has 244 valence electrons. The van der Waals surface area contributed by atoms with Crippen LogP contribution in [-0.2, 0) is 28.7 Å². The summed E-state index contributed by atoms with van der Waals surface area (Å²) in [6.45, 7) is 8.93. The molecule has 5 rings (SSSR count). The Labute approximate surface area is 274 Å². The number of hydrogen-bond acceptors (Lipinski definition) is 7. The van der Waals surface area contributed by atoms with Gasteiger partial charge in [-0.3, -0.25) is 19.2 Å². The number of halogens is 1. The zero-order valence-corrected chi connectivity index (χ0v) is 26.6. The van der Waals surface area contributed by atoms with Gasteiger partial charge < -0.3 is 29.7 Å². The Balaban J connectivity index is 1.46. The van der Waals surface area contributed by atoms with Crippen LogP contribution in [0.15, 0.2) is 79.9 Å². The van der Waals surface area contributed by atoms with Crippen molar-refractivity contribution in [3.63, 3.8) is 0 Å². The van der Waals surface area contributed by atoms with E-state index in [4.69, 9.17) is 21.1 Å². The maximum absolute atomic E-state index is 14.5. The molecular formula is C35H40ClN3O7. The lowest BCUT2D eigenvalue weighted by atomic mass is 9.70. The molecular weight excluding hydrogens is 610 g/mol. The number of carbonyl (C=O) groups excluding carboxylic acids is 4. The van der Waals surface area contributed by atoms with Crippen molar-refractivity contribution in [3.8, 4) is 0 Å². The molecule has 2 aromatic rings. The number of carbonyl (C=O) groups is 4. The zero-order valence-electron chi connectivity index (χ0n) is 25.8. The van der Waals surface area contributed by atoms with E-state index in [1.54, 1.807) is 55.5 Å². The molecule has 11 heteroatoms. The molecule has 0 aliphatic carbocycles. The second-order valence-electron chi connectivity index (χ2n) is 12.0. The van der Waals surface area contributed by atoms with Gasteiger partial charge in [0.25, 0.3) is 5.91 Å². The summed E-state index contributed by atoms with van der Waals surface area (Å²) in [4.78, 5) is 58.1. The number of aliphatic hydroxyl groups is 1. The van der Waals surface area contributed by atoms with Gasteiger partial charge in [0.05, 0.1) is 37.1 Å². The molecule has 0 aromatic heterocycles. The van der Waals surface area contributed by atoms with E-state index in [1.807, 2.05) is 18.2 Å². The van der Waals surface area contributed by atoms with E-state index in [1.165, 1.54) is 9.80 Å². The average Bonchev–Trinajstić information content (AvgIpc) is 3.72. The fraction of sp³-hybridized carbons (Fsp3) is 0.429. The second-order valence-corrected chi connectivity index (χ2v) is 12.5. The van der Waals surface area contributed by atoms with Crippen molar-refractivity contribution < 1.29 is 33.8 Å². The molecule has 2 bridgehead atoms. The third-order valence-electron chi connectivity index (χ3n) is 9.19. The number of likely N-dealkylation sites (tertiary alicyclic amines) is 1. The number of nitrogens with one attached hydrogen (secondary N) is 1. The standard InChI is InChI=1S/C35H40ClN3O7/c1-4-6-12-28(41)37-20-27(23-10-8-7-9-11-23)45-34(44)29-26-17-18-35(46-26)30(29)32(42)39(22(3)21-40)31(35)33(43)38(19-5-2)25-15-13-24(36)14-16-25/h4-5,7-11,13-16,22,26-27,29-31,40H,1-2,6,12,17-21H2,3H3,(H,37,41)/t22-,26-,27-,29+,30+,31-,35+/m1/s1. The first-order valence-electron chi connectivity index (χ1n) is 15.6. The van der Waals surface area contributed by atoms with Crippen LogP contribution in [0.3, 0.4) is 0 Å². The molecule has 2 aromatic carbocycles. The minimum atomic E-state index is -1.29. The first-order chi connectivity index (χ1) is 22.2. The highest BCUT2D eigenvalue weighted by molar-refractivity contribution is 6.30. The van der Waals surface area contributed by atoms with Crippen LogP contribution in [0.4, 0.5) is 5.69 Å². The fourth-order valence-electron chi connectivity index (χ4n) is 7.06. The maximum atomic E-state index is 14.5. The lowest BCUT2D eigenvalue weighted by Crippen LogP contribution is -2.58. The lowest BCUT2D eigenvalue weighted by molar-refractivity contribution is -0.161. The van der Waals surface area contributed by atoms with Crippen LogP contribution in [0.2, 0.25) is 5.02 Å². The molecule has 3 aliphatic heterocycles. The number of fused-ring (bicyclic) bond motifs is 1. The van der Waals surface area contributed by atoms with E-state index in [0.29, 0.717) is 35.5 Å². The average molecular weight is 650 g/mol. The van der Waals surface area contributed by atoms with Gasteiger partial charge in [-0.15, -0.1) is 13.2 Å². The van der Waals surface area contributed by atoms with Crippen molar-refractivity contribution in [2.45, 2.75) is 62.5 Å². The predicted molar refractivity (Wildman–Crippen MR) is 173 cm³/mol. The predicted octanol–water partition coefficient (Wildman–Crippen LogP) is 3.98. The molecule has 0 saturated carbocycles. The summed E-state index contributed by atoms with van der Waals surface area (Å²) >= 11 is 6.11. The molecule has 3 aliphatic rings. The van der Waals surface area contributed by atoms with Crippen LogP contribution in [0, 0.1) is 11.8 Å². The molecule has 2 N–H and O–H groups in total. The van der Waals surface area contributed by atoms with Gasteiger partial charge in [-0.25, -0.2) is 0 Å². The number of anilines is 1. The minimum Gasteiger partial charge on any atom is -0.455 e. The van der Waals surface area contributed by atoms with Crippen molar-refractivity contribution in [2.75, 3.05) is 24.6 Å². The van der Waals surface area contributed by atoms with E-state index in [0.717, 1.165) is 0 Å². The van der Waals surface area contributed by atoms with Crippen molar-refractivity contribution in [2.24, 2.45) is 11.8 Å². The topological polar surface area (TPSA) is 125 Å². The normalized spacial score (nSPS) is 25.8. The van der Waals surface area contributed by atoms with E-state index in [9.17, 15) is 24.3 Å². The number of hydrogen-bond donors (Lipinski definition) is 2. The summed E-state index contributed by atoms with van der Waals surface area (Å²) in [5, 5.41) is 13.5. The highest BCUT2D eigenvalue weighted by atomic mass is 35.5. The first kappa shape index (κ1) is 33.4. The summed E-state index contributed by atoms with van der Waals surface area (Å²) in [7, 11) is 0. The molecule has 0 unspecified atom stereocenters. The summed E-state index contributed by atoms with van der Waals surface area (Å²) in [6.07, 6.45) is 3.39. The molecule has 1 spiro atoms. The third kappa shape index (κ3) is 6.21. The van der Waals surface area contributed by atoms with Gasteiger partial charge in [0.1, 0.15) is 17.7 Å². The summed E-state index contributed by atoms with van der Waals surface area (Å²) in [6, 6.07) is 14.0. The molecule has 46 heavy (non-hydrogen) atoms. The van der Waals surface area contributed by atoms with Crippen LogP contribution in [-0.4, -0.2) is 77.2 Å². The zero-order chi connectivity index (χ0) is 33.0. The largest absolute Gasteiger partial charge is 0.455 e. The smallest absolute Gasteiger partial charge is 0.313 e. The van der Waals surface area contributed by atoms with Crippen molar-refractivity contribution in [1.82, 2.24) is 10.2 Å². The van der Waals surface area contributed by atoms with E-state index in [-0.39, 0.29) is 32.0 Å². The second kappa shape index (κ2) is 14.2. The van der Waals surface area contributed by atoms with Crippen LogP contribution in [0.25, 0.3) is 0 Å². The third-order valence-corrected chi connectivity index (χ3v) is 9.44. The van der Waals surface area contributed by atoms with Crippen LogP contribution in [0.5, 0.6) is 0 Å². The summed E-state index contributed by atoms with van der Waals surface area (Å²) < 4.78 is 12.6. The van der Waals surface area contributed by atoms with E-state index >= 15 is 0 Å². The van der Waals surface area contributed by atoms with Gasteiger partial charge in [-0.05, 0) is 56.0 Å². The Morgan fingerprint density at radius 1 is 1.17 bits per heavy atom. The van der Waals surface area contributed by atoms with Crippen molar-refractivity contribution in [3.05, 3.63) is 90.5 Å². The Hall–Kier alpha value is -3.99. The molecule has 3 saturated heterocycles. The summed E-state index contributed by atoms with van der Waals surface area (Å²) in [5.74, 6) is -3.64. The lowest BCUT2D eigenvalue weighted by Gasteiger charge is -2.38. The van der Waals surface area contributed by atoms with Crippen LogP contribution in [0.1, 0.15) is 44.3 Å². The van der Waals surface area contributed by atoms with Gasteiger partial charge in [-0.2, -0.15) is 0 Å². The summed E-state index contributed by atoms with van der Waals surface area (Å²) in [5.41, 5.74) is -0.0514. The molecule has 10 nitrogen and oxygen atoms in total. The Bertz CT molecular complexity index is 1470. The fourth-order valence-corrected chi connectivity index (χ4v) is 7.19. The van der Waals surface area contributed by atoms with Gasteiger partial charge >= 0.3 is 5.97 Å². The Morgan fingerprint density at radius 2 is 1.89 bits per heavy atom. The number of allylic oxidation sites excluding steroid dienone is 1. The first-order valence-corrected chi connectivity index (χ1v) is 16.0. The molecule has 3 heterocycles. The number of esters is 1. The minimum absolute atomic E-state index is 0.0418. The SMILES string of the molecule is C=CCCC(=O)NC[C@@H](OC(=O)[C@@H]1[C@H]2C(=O)N([C@H](C)CO)[C@H](C(=O)N(CC=C)c3ccc(Cl)cc3)[C@]23CC[C@H]1O3)c1ccccc1. The van der Waals surface area contributed by atoms with Crippen LogP contribution >= 0.6 is 11.6 Å². The monoisotopic (exact) mass is 649 g/mol. The van der Waals surface area contributed by atoms with E-state index in [2.05, 4.69) is 18.5 Å². The Morgan fingerprint density at radius 3 is 2.54 bits per heavy atom. The van der Waals surface area contributed by atoms with Crippen molar-refractivity contribution in [1.29, 1.82) is 0 Å². The Kier molecular flexibility index (Phi) is 10.3. The molecule has 0 radical (unpaired) electrons. The number of ether oxygens (including phenoxy) is 2. The number of benzene rings is 2. The van der Waals surface area contributed by atoms with Gasteiger partial charge in [-0.1, -0.05) is 54.1 Å². The van der Waals surface area contributed by atoms with E-state index < -0.39 is 59.5 Å². The van der Waals surface area contributed by atoms with Gasteiger partial charge in [0.15, 0.2) is 0 Å². The number of rotatable bonds is 14. The number of amides is 3. The molecule has 7 atom stereocenters. The van der Waals surface area contributed by atoms with Gasteiger partial charge in [0, 0.05) is 23.7 Å². The van der Waals surface area contributed by atoms with Gasteiger partial charge in [0.2, 0.25) is 11.8 Å². The molecule has 3 amide bonds. The number of nitrogens with zero attached hydrogens (tertiary/aromatic N) is 2.